The Kier molecular flexibility index (Phi) is 7.81. The van der Waals surface area contributed by atoms with Crippen molar-refractivity contribution in [3.63, 3.8) is 0 Å². The maximum Gasteiger partial charge on any atom is 0.329 e. The molecule has 0 radical (unpaired) electrons. The fourth-order valence-corrected chi connectivity index (χ4v) is 4.25. The van der Waals surface area contributed by atoms with Crippen LogP contribution >= 0.6 is 0 Å². The molecule has 1 aliphatic heterocycles. The van der Waals surface area contributed by atoms with Gasteiger partial charge in [0.05, 0.1) is 23.6 Å². The molecule has 0 saturated carbocycles. The van der Waals surface area contributed by atoms with E-state index in [4.69, 9.17) is 4.74 Å². The zero-order valence-corrected chi connectivity index (χ0v) is 20.7. The Bertz CT molecular complexity index is 1110. The van der Waals surface area contributed by atoms with E-state index in [0.29, 0.717) is 5.52 Å². The number of hydrogen-bond acceptors (Lipinski definition) is 7. The number of esters is 1. The number of aryl methyl sites for hydroxylation is 1. The normalized spacial score (nSPS) is 15.9. The van der Waals surface area contributed by atoms with Crippen LogP contribution in [0.15, 0.2) is 23.0 Å². The molecule has 1 atom stereocenters. The number of carbonyl (C=O) groups excluding carboxylic acids is 3. The Hall–Kier alpha value is -3.14. The zero-order valence-electron chi connectivity index (χ0n) is 20.7. The zero-order chi connectivity index (χ0) is 25.0. The molecule has 2 aromatic rings. The van der Waals surface area contributed by atoms with E-state index in [1.807, 2.05) is 39.0 Å². The summed E-state index contributed by atoms with van der Waals surface area (Å²) in [4.78, 5) is 52.7. The molecule has 0 spiro atoms. The largest absolute Gasteiger partial charge is 0.459 e. The van der Waals surface area contributed by atoms with Gasteiger partial charge in [0.15, 0.2) is 0 Å². The number of imidazole rings is 1. The second kappa shape index (κ2) is 10.4. The number of hydrogen-bond donors (Lipinski definition) is 1. The second-order valence-corrected chi connectivity index (χ2v) is 9.65. The van der Waals surface area contributed by atoms with Crippen molar-refractivity contribution >= 4 is 34.9 Å². The van der Waals surface area contributed by atoms with Gasteiger partial charge in [-0.05, 0) is 45.4 Å². The molecule has 1 fully saturated rings. The molecule has 186 valence electrons. The van der Waals surface area contributed by atoms with Crippen molar-refractivity contribution in [3.05, 3.63) is 28.7 Å². The summed E-state index contributed by atoms with van der Waals surface area (Å²) in [6.07, 6.45) is 1.14. The van der Waals surface area contributed by atoms with Gasteiger partial charge < -0.3 is 19.7 Å². The lowest BCUT2D eigenvalue weighted by Crippen LogP contribution is -2.48. The molecule has 0 aliphatic carbocycles. The molecule has 3 rings (SSSR count). The molecule has 1 aromatic carbocycles. The van der Waals surface area contributed by atoms with Crippen molar-refractivity contribution in [2.75, 3.05) is 44.7 Å². The molecule has 34 heavy (non-hydrogen) atoms. The first-order chi connectivity index (χ1) is 16.0. The van der Waals surface area contributed by atoms with Crippen molar-refractivity contribution in [2.45, 2.75) is 45.3 Å². The summed E-state index contributed by atoms with van der Waals surface area (Å²) in [5.74, 6) is -0.395. The van der Waals surface area contributed by atoms with Crippen LogP contribution in [0.5, 0.6) is 0 Å². The number of piperazine rings is 1. The van der Waals surface area contributed by atoms with Crippen molar-refractivity contribution in [1.82, 2.24) is 19.4 Å². The highest BCUT2D eigenvalue weighted by atomic mass is 16.6. The number of nitrogens with zero attached hydrogens (tertiary/aromatic N) is 4. The summed E-state index contributed by atoms with van der Waals surface area (Å²) in [5.41, 5.74) is 1.58. The smallest absolute Gasteiger partial charge is 0.329 e. The SMILES string of the molecule is CNC(=O)CCC(C=O)n1c(=O)n(C)c2cc(N3CCN(CC(=O)OC(C)(C)C)CC3)ccc21. The van der Waals surface area contributed by atoms with Gasteiger partial charge in [-0.25, -0.2) is 4.79 Å². The van der Waals surface area contributed by atoms with Gasteiger partial charge in [-0.3, -0.25) is 23.6 Å². The third-order valence-electron chi connectivity index (χ3n) is 6.02. The average molecular weight is 474 g/mol. The van der Waals surface area contributed by atoms with Gasteiger partial charge in [0.2, 0.25) is 5.91 Å². The van der Waals surface area contributed by atoms with Crippen LogP contribution in [0.2, 0.25) is 0 Å². The average Bonchev–Trinajstić information content (AvgIpc) is 3.03. The molecule has 1 unspecified atom stereocenters. The van der Waals surface area contributed by atoms with Crippen LogP contribution in [0.1, 0.15) is 39.7 Å². The number of aldehydes is 1. The molecule has 1 aliphatic rings. The number of ether oxygens (including phenoxy) is 1. The number of aromatic nitrogens is 2. The third-order valence-corrected chi connectivity index (χ3v) is 6.02. The summed E-state index contributed by atoms with van der Waals surface area (Å²) in [5, 5.41) is 2.54. The molecule has 1 saturated heterocycles. The Morgan fingerprint density at radius 1 is 1.15 bits per heavy atom. The van der Waals surface area contributed by atoms with E-state index >= 15 is 0 Å². The Balaban J connectivity index is 1.73. The van der Waals surface area contributed by atoms with E-state index in [-0.39, 0.29) is 37.0 Å². The minimum absolute atomic E-state index is 0.161. The van der Waals surface area contributed by atoms with E-state index < -0.39 is 11.6 Å². The number of rotatable bonds is 8. The lowest BCUT2D eigenvalue weighted by atomic mass is 10.1. The number of fused-ring (bicyclic) bond motifs is 1. The summed E-state index contributed by atoms with van der Waals surface area (Å²) in [6.45, 7) is 8.78. The van der Waals surface area contributed by atoms with E-state index in [1.54, 1.807) is 14.1 Å². The quantitative estimate of drug-likeness (QED) is 0.452. The molecule has 0 bridgehead atoms. The first kappa shape index (κ1) is 25.5. The minimum atomic E-state index is -0.712. The summed E-state index contributed by atoms with van der Waals surface area (Å²) >= 11 is 0. The van der Waals surface area contributed by atoms with Gasteiger partial charge in [-0.1, -0.05) is 0 Å². The highest BCUT2D eigenvalue weighted by Crippen LogP contribution is 2.25. The van der Waals surface area contributed by atoms with Crippen LogP contribution in [0.3, 0.4) is 0 Å². The fourth-order valence-electron chi connectivity index (χ4n) is 4.25. The third kappa shape index (κ3) is 5.85. The predicted octanol–water partition coefficient (Wildman–Crippen LogP) is 1.07. The summed E-state index contributed by atoms with van der Waals surface area (Å²) < 4.78 is 8.42. The molecule has 2 heterocycles. The number of anilines is 1. The maximum absolute atomic E-state index is 12.9. The first-order valence-corrected chi connectivity index (χ1v) is 11.6. The summed E-state index contributed by atoms with van der Waals surface area (Å²) in [7, 11) is 3.23. The molecular weight excluding hydrogens is 438 g/mol. The topological polar surface area (TPSA) is 106 Å². The number of benzene rings is 1. The highest BCUT2D eigenvalue weighted by Gasteiger charge is 2.24. The van der Waals surface area contributed by atoms with Gasteiger partial charge in [-0.2, -0.15) is 0 Å². The van der Waals surface area contributed by atoms with Crippen molar-refractivity contribution in [1.29, 1.82) is 0 Å². The van der Waals surface area contributed by atoms with Crippen molar-refractivity contribution in [3.8, 4) is 0 Å². The van der Waals surface area contributed by atoms with Crippen molar-refractivity contribution < 1.29 is 19.1 Å². The van der Waals surface area contributed by atoms with Gasteiger partial charge in [-0.15, -0.1) is 0 Å². The van der Waals surface area contributed by atoms with Crippen LogP contribution in [0.25, 0.3) is 11.0 Å². The van der Waals surface area contributed by atoms with E-state index in [9.17, 15) is 19.2 Å². The van der Waals surface area contributed by atoms with E-state index in [0.717, 1.165) is 43.7 Å². The number of carbonyl (C=O) groups is 3. The molecular formula is C24H35N5O5. The summed E-state index contributed by atoms with van der Waals surface area (Å²) in [6, 6.07) is 5.05. The van der Waals surface area contributed by atoms with Gasteiger partial charge >= 0.3 is 11.7 Å². The van der Waals surface area contributed by atoms with Crippen LogP contribution in [0.4, 0.5) is 5.69 Å². The highest BCUT2D eigenvalue weighted by molar-refractivity contribution is 5.82. The number of nitrogens with one attached hydrogen (secondary N) is 1. The van der Waals surface area contributed by atoms with Crippen LogP contribution in [-0.4, -0.2) is 77.6 Å². The molecule has 10 heteroatoms. The Morgan fingerprint density at radius 3 is 2.41 bits per heavy atom. The van der Waals surface area contributed by atoms with Crippen molar-refractivity contribution in [2.24, 2.45) is 7.05 Å². The van der Waals surface area contributed by atoms with Crippen LogP contribution in [0, 0.1) is 0 Å². The van der Waals surface area contributed by atoms with E-state index in [2.05, 4.69) is 15.1 Å². The lowest BCUT2D eigenvalue weighted by molar-refractivity contribution is -0.156. The fraction of sp³-hybridized carbons (Fsp3) is 0.583. The monoisotopic (exact) mass is 473 g/mol. The maximum atomic E-state index is 12.9. The minimum Gasteiger partial charge on any atom is -0.459 e. The first-order valence-electron chi connectivity index (χ1n) is 11.6. The van der Waals surface area contributed by atoms with Gasteiger partial charge in [0.1, 0.15) is 11.9 Å². The van der Waals surface area contributed by atoms with Crippen LogP contribution in [-0.2, 0) is 26.2 Å². The Labute approximate surface area is 199 Å². The standard InChI is InChI=1S/C24H35N5O5/c1-24(2,3)34-22(32)15-27-10-12-28(13-11-27)17-6-8-19-20(14-17)26(5)23(33)29(19)18(16-30)7-9-21(31)25-4/h6,8,14,16,18H,7,9-13,15H2,1-5H3,(H,25,31). The van der Waals surface area contributed by atoms with Crippen LogP contribution < -0.4 is 15.9 Å². The van der Waals surface area contributed by atoms with Gasteiger partial charge in [0, 0.05) is 52.4 Å². The lowest BCUT2D eigenvalue weighted by Gasteiger charge is -2.36. The predicted molar refractivity (Wildman–Crippen MR) is 130 cm³/mol. The number of amides is 1. The molecule has 1 amide bonds. The molecule has 1 aromatic heterocycles. The van der Waals surface area contributed by atoms with E-state index in [1.165, 1.54) is 9.13 Å². The molecule has 10 nitrogen and oxygen atoms in total. The Morgan fingerprint density at radius 2 is 1.82 bits per heavy atom. The second-order valence-electron chi connectivity index (χ2n) is 9.65. The van der Waals surface area contributed by atoms with Gasteiger partial charge in [0.25, 0.3) is 0 Å². The molecule has 1 N–H and O–H groups in total.